The maximum atomic E-state index is 12.7. The van der Waals surface area contributed by atoms with E-state index in [0.29, 0.717) is 17.9 Å². The van der Waals surface area contributed by atoms with E-state index in [1.165, 1.54) is 12.8 Å². The van der Waals surface area contributed by atoms with E-state index >= 15 is 0 Å². The topological polar surface area (TPSA) is 32.8 Å². The minimum absolute atomic E-state index is 0.296. The number of rotatable bonds is 5. The number of ether oxygens (including phenoxy) is 1. The van der Waals surface area contributed by atoms with E-state index in [-0.39, 0.29) is 0 Å². The Morgan fingerprint density at radius 2 is 1.68 bits per heavy atom. The van der Waals surface area contributed by atoms with Crippen LogP contribution in [-0.4, -0.2) is 62.1 Å². The first-order valence-electron chi connectivity index (χ1n) is 7.71. The van der Waals surface area contributed by atoms with E-state index in [1.807, 2.05) is 0 Å². The van der Waals surface area contributed by atoms with Crippen molar-refractivity contribution in [1.82, 2.24) is 9.80 Å². The molecule has 0 aromatic rings. The molecule has 1 saturated carbocycles. The molecule has 0 bridgehead atoms. The van der Waals surface area contributed by atoms with Gasteiger partial charge in [0.2, 0.25) is 5.91 Å². The number of likely N-dealkylation sites (N-methyl/N-ethyl adjacent to an activating group) is 1. The summed E-state index contributed by atoms with van der Waals surface area (Å²) in [5.74, 6) is 0.705. The molecule has 1 aliphatic carbocycles. The normalized spacial score (nSPS) is 22.1. The van der Waals surface area contributed by atoms with Crippen LogP contribution in [0.1, 0.15) is 38.5 Å². The number of hydrogen-bond donors (Lipinski definition) is 0. The van der Waals surface area contributed by atoms with Crippen molar-refractivity contribution < 1.29 is 9.53 Å². The lowest BCUT2D eigenvalue weighted by molar-refractivity contribution is -0.139. The van der Waals surface area contributed by atoms with Crippen molar-refractivity contribution in [3.8, 4) is 0 Å². The third-order valence-electron chi connectivity index (χ3n) is 4.41. The molecule has 1 amide bonds. The average Bonchev–Trinajstić information content (AvgIpc) is 2.93. The van der Waals surface area contributed by atoms with Gasteiger partial charge in [-0.15, -0.1) is 0 Å². The van der Waals surface area contributed by atoms with Gasteiger partial charge in [0.15, 0.2) is 0 Å². The molecule has 0 spiro atoms. The zero-order valence-electron chi connectivity index (χ0n) is 12.4. The van der Waals surface area contributed by atoms with Gasteiger partial charge in [-0.3, -0.25) is 4.79 Å². The highest BCUT2D eigenvalue weighted by Crippen LogP contribution is 2.28. The second kappa shape index (κ2) is 7.25. The number of hydrogen-bond acceptors (Lipinski definition) is 3. The van der Waals surface area contributed by atoms with Crippen LogP contribution in [0.15, 0.2) is 0 Å². The van der Waals surface area contributed by atoms with E-state index in [4.69, 9.17) is 4.74 Å². The molecule has 0 aromatic heterocycles. The summed E-state index contributed by atoms with van der Waals surface area (Å²) in [4.78, 5) is 17.1. The number of carbonyl (C=O) groups is 1. The summed E-state index contributed by atoms with van der Waals surface area (Å²) < 4.78 is 5.43. The summed E-state index contributed by atoms with van der Waals surface area (Å²) in [6.45, 7) is 3.44. The van der Waals surface area contributed by atoms with Gasteiger partial charge >= 0.3 is 0 Å². The average molecular weight is 268 g/mol. The molecular formula is C15H28N2O2. The van der Waals surface area contributed by atoms with Crippen LogP contribution in [0, 0.1) is 5.92 Å². The molecule has 19 heavy (non-hydrogen) atoms. The molecule has 2 rings (SSSR count). The molecule has 0 unspecified atom stereocenters. The molecule has 2 aliphatic rings. The SMILES string of the molecule is CN(C)CCN(C(=O)C1CCCC1)C1CCOCC1. The van der Waals surface area contributed by atoms with Crippen molar-refractivity contribution in [1.29, 1.82) is 0 Å². The monoisotopic (exact) mass is 268 g/mol. The molecule has 110 valence electrons. The van der Waals surface area contributed by atoms with Crippen LogP contribution in [0.3, 0.4) is 0 Å². The highest BCUT2D eigenvalue weighted by Gasteiger charge is 2.32. The van der Waals surface area contributed by atoms with Gasteiger partial charge in [0.05, 0.1) is 0 Å². The summed E-state index contributed by atoms with van der Waals surface area (Å²) in [6.07, 6.45) is 6.66. The van der Waals surface area contributed by atoms with E-state index in [2.05, 4.69) is 23.9 Å². The molecule has 0 N–H and O–H groups in total. The molecular weight excluding hydrogens is 240 g/mol. The molecule has 0 aromatic carbocycles. The Balaban J connectivity index is 1.96. The van der Waals surface area contributed by atoms with Crippen LogP contribution < -0.4 is 0 Å². The third kappa shape index (κ3) is 4.18. The van der Waals surface area contributed by atoms with Crippen LogP contribution in [-0.2, 0) is 9.53 Å². The molecule has 0 atom stereocenters. The van der Waals surface area contributed by atoms with Crippen molar-refractivity contribution in [2.45, 2.75) is 44.6 Å². The lowest BCUT2D eigenvalue weighted by atomic mass is 10.0. The second-order valence-electron chi connectivity index (χ2n) is 6.16. The van der Waals surface area contributed by atoms with E-state index in [0.717, 1.165) is 52.0 Å². The fourth-order valence-electron chi connectivity index (χ4n) is 3.18. The number of nitrogens with zero attached hydrogens (tertiary/aromatic N) is 2. The van der Waals surface area contributed by atoms with Crippen LogP contribution in [0.4, 0.5) is 0 Å². The van der Waals surface area contributed by atoms with E-state index < -0.39 is 0 Å². The Morgan fingerprint density at radius 3 is 2.26 bits per heavy atom. The van der Waals surface area contributed by atoms with Crippen molar-refractivity contribution in [2.24, 2.45) is 5.92 Å². The smallest absolute Gasteiger partial charge is 0.225 e. The fraction of sp³-hybridized carbons (Fsp3) is 0.933. The van der Waals surface area contributed by atoms with Crippen LogP contribution in [0.2, 0.25) is 0 Å². The van der Waals surface area contributed by atoms with Gasteiger partial charge in [-0.25, -0.2) is 0 Å². The zero-order valence-corrected chi connectivity index (χ0v) is 12.4. The van der Waals surface area contributed by atoms with Gasteiger partial charge in [-0.05, 0) is 39.8 Å². The van der Waals surface area contributed by atoms with E-state index in [9.17, 15) is 4.79 Å². The Bertz CT molecular complexity index is 282. The third-order valence-corrected chi connectivity index (χ3v) is 4.41. The number of carbonyl (C=O) groups excluding carboxylic acids is 1. The van der Waals surface area contributed by atoms with E-state index in [1.54, 1.807) is 0 Å². The molecule has 0 radical (unpaired) electrons. The first kappa shape index (κ1) is 14.8. The predicted molar refractivity (Wildman–Crippen MR) is 76.1 cm³/mol. The lowest BCUT2D eigenvalue weighted by Gasteiger charge is -2.36. The molecule has 1 heterocycles. The summed E-state index contributed by atoms with van der Waals surface area (Å²) in [5, 5.41) is 0. The standard InChI is InChI=1S/C15H28N2O2/c1-16(2)9-10-17(14-7-11-19-12-8-14)15(18)13-5-3-4-6-13/h13-14H,3-12H2,1-2H3. The Labute approximate surface area is 117 Å². The van der Waals surface area contributed by atoms with Gasteiger partial charge in [-0.2, -0.15) is 0 Å². The summed E-state index contributed by atoms with van der Waals surface area (Å²) >= 11 is 0. The maximum Gasteiger partial charge on any atom is 0.225 e. The Hall–Kier alpha value is -0.610. The number of amides is 1. The first-order valence-corrected chi connectivity index (χ1v) is 7.71. The predicted octanol–water partition coefficient (Wildman–Crippen LogP) is 1.75. The summed E-state index contributed by atoms with van der Waals surface area (Å²) in [5.41, 5.74) is 0. The minimum Gasteiger partial charge on any atom is -0.381 e. The highest BCUT2D eigenvalue weighted by molar-refractivity contribution is 5.79. The Morgan fingerprint density at radius 1 is 1.05 bits per heavy atom. The summed E-state index contributed by atoms with van der Waals surface area (Å²) in [6, 6.07) is 0.404. The fourth-order valence-corrected chi connectivity index (χ4v) is 3.18. The van der Waals surface area contributed by atoms with Crippen molar-refractivity contribution >= 4 is 5.91 Å². The summed E-state index contributed by atoms with van der Waals surface area (Å²) in [7, 11) is 4.14. The molecule has 1 aliphatic heterocycles. The van der Waals surface area contributed by atoms with Crippen molar-refractivity contribution in [3.63, 3.8) is 0 Å². The largest absolute Gasteiger partial charge is 0.381 e. The molecule has 4 nitrogen and oxygen atoms in total. The van der Waals surface area contributed by atoms with Crippen LogP contribution in [0.5, 0.6) is 0 Å². The van der Waals surface area contributed by atoms with Gasteiger partial charge < -0.3 is 14.5 Å². The lowest BCUT2D eigenvalue weighted by Crippen LogP contribution is -2.48. The van der Waals surface area contributed by atoms with Crippen molar-refractivity contribution in [3.05, 3.63) is 0 Å². The highest BCUT2D eigenvalue weighted by atomic mass is 16.5. The molecule has 4 heteroatoms. The van der Waals surface area contributed by atoms with Gasteiger partial charge in [0.25, 0.3) is 0 Å². The van der Waals surface area contributed by atoms with Gasteiger partial charge in [-0.1, -0.05) is 12.8 Å². The molecule has 2 fully saturated rings. The first-order chi connectivity index (χ1) is 9.18. The van der Waals surface area contributed by atoms with Crippen molar-refractivity contribution in [2.75, 3.05) is 40.4 Å². The van der Waals surface area contributed by atoms with Crippen LogP contribution >= 0.6 is 0 Å². The Kier molecular flexibility index (Phi) is 5.64. The molecule has 1 saturated heterocycles. The van der Waals surface area contributed by atoms with Gasteiger partial charge in [0.1, 0.15) is 0 Å². The second-order valence-corrected chi connectivity index (χ2v) is 6.16. The quantitative estimate of drug-likeness (QED) is 0.761. The van der Waals surface area contributed by atoms with Gasteiger partial charge in [0, 0.05) is 38.3 Å². The minimum atomic E-state index is 0.296. The van der Waals surface area contributed by atoms with Crippen LogP contribution in [0.25, 0.3) is 0 Å². The zero-order chi connectivity index (χ0) is 13.7. The maximum absolute atomic E-state index is 12.7.